The number of nitrogens with one attached hydrogen (secondary N) is 4. The Morgan fingerprint density at radius 1 is 0.574 bits per heavy atom. The topological polar surface area (TPSA) is 212 Å². The number of anilines is 3. The summed E-state index contributed by atoms with van der Waals surface area (Å²) in [5.74, 6) is -2.09. The van der Waals surface area contributed by atoms with Gasteiger partial charge in [-0.2, -0.15) is 0 Å². The third-order valence-electron chi connectivity index (χ3n) is 10.9. The number of nitrogen functional groups attached to an aromatic ring is 1. The maximum atomic E-state index is 13.5. The Balaban J connectivity index is 0.000000218. The van der Waals surface area contributed by atoms with Crippen molar-refractivity contribution in [2.45, 2.75) is 62.4 Å². The number of amides is 4. The van der Waals surface area contributed by atoms with Crippen LogP contribution in [0.5, 0.6) is 0 Å². The number of hydrogen-bond donors (Lipinski definition) is 5. The van der Waals surface area contributed by atoms with Crippen molar-refractivity contribution in [3.8, 4) is 0 Å². The number of Topliss-reactive ketones (excluding diaryl/α,β-unsaturated/α-hetero) is 2. The maximum absolute atomic E-state index is 13.5. The van der Waals surface area contributed by atoms with Crippen LogP contribution in [0.25, 0.3) is 21.5 Å². The summed E-state index contributed by atoms with van der Waals surface area (Å²) in [5, 5.41) is 14.7. The first kappa shape index (κ1) is 44.1. The van der Waals surface area contributed by atoms with Gasteiger partial charge in [0.1, 0.15) is 22.6 Å². The number of ether oxygens (including phenoxy) is 2. The fraction of sp³-hybridized carbons (Fsp3) is 0.267. The zero-order valence-corrected chi connectivity index (χ0v) is 34.8. The molecule has 0 bridgehead atoms. The molecule has 5 aromatic carbocycles. The first-order valence-corrected chi connectivity index (χ1v) is 20.1. The molecule has 0 aliphatic heterocycles. The molecule has 0 heterocycles. The number of esters is 2. The molecule has 0 atom stereocenters. The van der Waals surface area contributed by atoms with Gasteiger partial charge in [0.25, 0.3) is 11.8 Å². The number of fused-ring (bicyclic) bond motifs is 2. The van der Waals surface area contributed by atoms with Crippen LogP contribution in [-0.4, -0.2) is 66.6 Å². The van der Waals surface area contributed by atoms with E-state index < -0.39 is 40.9 Å². The summed E-state index contributed by atoms with van der Waals surface area (Å²) < 4.78 is 9.82. The molecule has 0 unspecified atom stereocenters. The summed E-state index contributed by atoms with van der Waals surface area (Å²) in [6, 6.07) is 25.8. The molecular formula is C45H43Cl2N5O9. The van der Waals surface area contributed by atoms with E-state index in [9.17, 15) is 33.6 Å². The Kier molecular flexibility index (Phi) is 13.6. The van der Waals surface area contributed by atoms with Gasteiger partial charge in [0, 0.05) is 31.4 Å². The highest BCUT2D eigenvalue weighted by atomic mass is 35.5. The van der Waals surface area contributed by atoms with Crippen molar-refractivity contribution in [1.29, 1.82) is 0 Å². The van der Waals surface area contributed by atoms with Gasteiger partial charge >= 0.3 is 18.0 Å². The second-order valence-electron chi connectivity index (χ2n) is 14.8. The molecule has 2 aliphatic carbocycles. The molecule has 6 N–H and O–H groups in total. The normalized spacial score (nSPS) is 15.4. The van der Waals surface area contributed by atoms with Crippen LogP contribution in [0.4, 0.5) is 21.9 Å². The maximum Gasteiger partial charge on any atom is 0.331 e. The number of hydrogen-bond acceptors (Lipinski definition) is 10. The van der Waals surface area contributed by atoms with E-state index in [1.54, 1.807) is 42.5 Å². The minimum atomic E-state index is -1.34. The van der Waals surface area contributed by atoms with E-state index in [1.807, 2.05) is 48.5 Å². The van der Waals surface area contributed by atoms with Crippen LogP contribution >= 0.6 is 23.2 Å². The molecule has 5 aromatic rings. The molecule has 4 amide bonds. The fourth-order valence-electron chi connectivity index (χ4n) is 7.50. The van der Waals surface area contributed by atoms with Gasteiger partial charge in [0.15, 0.2) is 0 Å². The lowest BCUT2D eigenvalue weighted by atomic mass is 9.80. The molecule has 61 heavy (non-hydrogen) atoms. The predicted octanol–water partition coefficient (Wildman–Crippen LogP) is 7.78. The van der Waals surface area contributed by atoms with E-state index in [1.165, 1.54) is 14.2 Å². The summed E-state index contributed by atoms with van der Waals surface area (Å²) >= 11 is 12.3. The van der Waals surface area contributed by atoms with Gasteiger partial charge in [-0.25, -0.2) is 14.4 Å². The molecule has 316 valence electrons. The van der Waals surface area contributed by atoms with Gasteiger partial charge in [-0.3, -0.25) is 19.2 Å². The first-order chi connectivity index (χ1) is 29.2. The van der Waals surface area contributed by atoms with Crippen molar-refractivity contribution < 1.29 is 43.0 Å². The predicted molar refractivity (Wildman–Crippen MR) is 233 cm³/mol. The van der Waals surface area contributed by atoms with Gasteiger partial charge in [0.05, 0.1) is 46.8 Å². The van der Waals surface area contributed by atoms with E-state index in [0.717, 1.165) is 21.5 Å². The Hall–Kier alpha value is -6.51. The fourth-order valence-corrected chi connectivity index (χ4v) is 7.99. The number of carbonyl (C=O) groups is 7. The second kappa shape index (κ2) is 18.8. The van der Waals surface area contributed by atoms with Crippen LogP contribution in [0.1, 0.15) is 72.1 Å². The van der Waals surface area contributed by atoms with E-state index in [-0.39, 0.29) is 89.9 Å². The van der Waals surface area contributed by atoms with Crippen molar-refractivity contribution in [2.24, 2.45) is 0 Å². The third kappa shape index (κ3) is 9.93. The molecule has 0 spiro atoms. The van der Waals surface area contributed by atoms with E-state index in [0.29, 0.717) is 11.3 Å². The zero-order chi connectivity index (χ0) is 43.9. The van der Waals surface area contributed by atoms with Crippen molar-refractivity contribution in [2.75, 3.05) is 30.6 Å². The Labute approximate surface area is 360 Å². The number of para-hydroxylation sites is 1. The van der Waals surface area contributed by atoms with Crippen LogP contribution in [0.15, 0.2) is 91.0 Å². The van der Waals surface area contributed by atoms with Crippen LogP contribution in [0.2, 0.25) is 10.0 Å². The van der Waals surface area contributed by atoms with Crippen molar-refractivity contribution in [3.63, 3.8) is 0 Å². The number of rotatable bonds is 8. The molecule has 0 aromatic heterocycles. The smallest absolute Gasteiger partial charge is 0.331 e. The number of halogens is 2. The molecule has 0 radical (unpaired) electrons. The van der Waals surface area contributed by atoms with Crippen molar-refractivity contribution >= 4 is 103 Å². The average Bonchev–Trinajstić information content (AvgIpc) is 3.25. The molecular weight excluding hydrogens is 825 g/mol. The standard InChI is InChI=1S/C26H23Cl2N3O5.C19H20N2O4/c1-36-24(34)26(11-9-17(32)10-12-26)31-23(33)18-13-15-5-2-3-6-16(15)14-21(18)29-25(35)30-22-19(27)7-4-8-20(22)28;1-25-18(24)19(8-6-14(22)7-9-19)21-17(23)15-10-12-4-2-3-5-13(12)11-16(15)20/h2-8,13-14H,9-12H2,1H3,(H,31,33)(H2,29,30,35);2-5,10-11H,6-9,20H2,1H3,(H,21,23). The number of ketones is 2. The largest absolute Gasteiger partial charge is 0.467 e. The minimum Gasteiger partial charge on any atom is -0.467 e. The van der Waals surface area contributed by atoms with Gasteiger partial charge in [-0.15, -0.1) is 0 Å². The summed E-state index contributed by atoms with van der Waals surface area (Å²) in [5.41, 5.74) is 4.72. The van der Waals surface area contributed by atoms with Crippen LogP contribution < -0.4 is 27.0 Å². The summed E-state index contributed by atoms with van der Waals surface area (Å²) in [7, 11) is 2.51. The van der Waals surface area contributed by atoms with E-state index >= 15 is 0 Å². The number of urea groups is 1. The molecule has 2 saturated carbocycles. The lowest BCUT2D eigenvalue weighted by molar-refractivity contribution is -0.151. The summed E-state index contributed by atoms with van der Waals surface area (Å²) in [6.45, 7) is 0. The van der Waals surface area contributed by atoms with Crippen molar-refractivity contribution in [1.82, 2.24) is 10.6 Å². The summed E-state index contributed by atoms with van der Waals surface area (Å²) in [4.78, 5) is 87.4. The highest BCUT2D eigenvalue weighted by Gasteiger charge is 2.45. The summed E-state index contributed by atoms with van der Waals surface area (Å²) in [6.07, 6.45) is 1.51. The highest BCUT2D eigenvalue weighted by molar-refractivity contribution is 6.40. The lowest BCUT2D eigenvalue weighted by Gasteiger charge is -2.34. The molecule has 2 fully saturated rings. The van der Waals surface area contributed by atoms with Gasteiger partial charge in [-0.1, -0.05) is 77.8 Å². The van der Waals surface area contributed by atoms with Gasteiger partial charge < -0.3 is 36.5 Å². The van der Waals surface area contributed by atoms with E-state index in [4.69, 9.17) is 38.4 Å². The van der Waals surface area contributed by atoms with Crippen LogP contribution in [-0.2, 0) is 28.7 Å². The second-order valence-corrected chi connectivity index (χ2v) is 15.7. The average molecular weight is 869 g/mol. The van der Waals surface area contributed by atoms with Gasteiger partial charge in [0.2, 0.25) is 0 Å². The van der Waals surface area contributed by atoms with Crippen LogP contribution in [0.3, 0.4) is 0 Å². The lowest BCUT2D eigenvalue weighted by Crippen LogP contribution is -2.57. The third-order valence-corrected chi connectivity index (χ3v) is 11.6. The molecule has 14 nitrogen and oxygen atoms in total. The number of methoxy groups -OCH3 is 2. The molecule has 7 rings (SSSR count). The van der Waals surface area contributed by atoms with Crippen LogP contribution in [0, 0.1) is 0 Å². The first-order valence-electron chi connectivity index (χ1n) is 19.4. The molecule has 16 heteroatoms. The van der Waals surface area contributed by atoms with E-state index in [2.05, 4.69) is 21.3 Å². The highest BCUT2D eigenvalue weighted by Crippen LogP contribution is 2.33. The SMILES string of the molecule is COC(=O)C1(NC(=O)c2cc3ccccc3cc2N)CCC(=O)CC1.COC(=O)C1(NC(=O)c2cc3ccccc3cc2NC(=O)Nc2c(Cl)cccc2Cl)CCC(=O)CC1. The number of carbonyl (C=O) groups excluding carboxylic acids is 7. The Bertz CT molecular complexity index is 2540. The number of nitrogens with two attached hydrogens (primary N) is 1. The Morgan fingerprint density at radius 3 is 1.44 bits per heavy atom. The zero-order valence-electron chi connectivity index (χ0n) is 33.3. The minimum absolute atomic E-state index is 0.0201. The molecule has 0 saturated heterocycles. The quantitative estimate of drug-likeness (QED) is 0.0755. The molecule has 2 aliphatic rings. The van der Waals surface area contributed by atoms with Gasteiger partial charge in [-0.05, 0) is 83.6 Å². The monoisotopic (exact) mass is 867 g/mol. The number of benzene rings is 5. The Morgan fingerprint density at radius 2 is 0.984 bits per heavy atom. The van der Waals surface area contributed by atoms with Crippen molar-refractivity contribution in [3.05, 3.63) is 112 Å².